The summed E-state index contributed by atoms with van der Waals surface area (Å²) in [5.74, 6) is 0.350. The van der Waals surface area contributed by atoms with Crippen molar-refractivity contribution in [1.29, 1.82) is 0 Å². The van der Waals surface area contributed by atoms with E-state index in [1.54, 1.807) is 24.3 Å². The average molecular weight is 429 g/mol. The maximum absolute atomic E-state index is 13.6. The number of para-hydroxylation sites is 1. The van der Waals surface area contributed by atoms with E-state index in [9.17, 15) is 16.8 Å². The Hall–Kier alpha value is -2.64. The van der Waals surface area contributed by atoms with E-state index in [1.807, 2.05) is 19.9 Å². The van der Waals surface area contributed by atoms with Gasteiger partial charge in [0.05, 0.1) is 9.79 Å². The molecule has 0 amide bonds. The fourth-order valence-corrected chi connectivity index (χ4v) is 6.98. The SMILES string of the molecule is CCC(C)c1ccc2c(c1)S(=O)(=O)c1ccccc1S(=O)(=O)c1ccccc1O2. The molecule has 1 atom stereocenters. The minimum absolute atomic E-state index is 0.0327. The van der Waals surface area contributed by atoms with Crippen molar-refractivity contribution >= 4 is 19.7 Å². The molecular formula is C22H20O5S2. The second-order valence-electron chi connectivity index (χ2n) is 7.02. The number of ether oxygens (including phenoxy) is 1. The van der Waals surface area contributed by atoms with E-state index in [0.29, 0.717) is 0 Å². The molecule has 3 aromatic carbocycles. The quantitative estimate of drug-likeness (QED) is 0.450. The highest BCUT2D eigenvalue weighted by Crippen LogP contribution is 2.42. The third-order valence-corrected chi connectivity index (χ3v) is 9.04. The first-order valence-electron chi connectivity index (χ1n) is 9.27. The fourth-order valence-electron chi connectivity index (χ4n) is 3.37. The first-order chi connectivity index (χ1) is 13.8. The zero-order valence-electron chi connectivity index (χ0n) is 16.0. The topological polar surface area (TPSA) is 77.5 Å². The van der Waals surface area contributed by atoms with Crippen LogP contribution in [0.25, 0.3) is 0 Å². The summed E-state index contributed by atoms with van der Waals surface area (Å²) >= 11 is 0. The maximum atomic E-state index is 13.6. The largest absolute Gasteiger partial charge is 0.455 e. The molecule has 150 valence electrons. The molecule has 0 radical (unpaired) electrons. The van der Waals surface area contributed by atoms with Gasteiger partial charge in [-0.2, -0.15) is 0 Å². The van der Waals surface area contributed by atoms with Gasteiger partial charge in [-0.25, -0.2) is 16.8 Å². The minimum Gasteiger partial charge on any atom is -0.455 e. The summed E-state index contributed by atoms with van der Waals surface area (Å²) in [6, 6.07) is 16.9. The molecule has 0 bridgehead atoms. The van der Waals surface area contributed by atoms with Crippen LogP contribution in [0.3, 0.4) is 0 Å². The molecule has 7 heteroatoms. The normalized spacial score (nSPS) is 17.3. The molecule has 1 aliphatic heterocycles. The Labute approximate surface area is 170 Å². The predicted octanol–water partition coefficient (Wildman–Crippen LogP) is 4.97. The molecule has 0 aromatic heterocycles. The van der Waals surface area contributed by atoms with Crippen LogP contribution in [0, 0.1) is 0 Å². The molecule has 0 saturated heterocycles. The summed E-state index contributed by atoms with van der Waals surface area (Å²) in [6.45, 7) is 4.04. The van der Waals surface area contributed by atoms with E-state index in [-0.39, 0.29) is 37.0 Å². The Morgan fingerprint density at radius 1 is 0.724 bits per heavy atom. The minimum atomic E-state index is -4.14. The molecule has 4 rings (SSSR count). The maximum Gasteiger partial charge on any atom is 0.211 e. The van der Waals surface area contributed by atoms with Crippen LogP contribution in [0.2, 0.25) is 0 Å². The molecule has 0 saturated carbocycles. The van der Waals surface area contributed by atoms with Gasteiger partial charge in [0.25, 0.3) is 0 Å². The summed E-state index contributed by atoms with van der Waals surface area (Å²) < 4.78 is 59.7. The average Bonchev–Trinajstić information content (AvgIpc) is 2.75. The number of hydrogen-bond donors (Lipinski definition) is 0. The van der Waals surface area contributed by atoms with Crippen LogP contribution in [0.15, 0.2) is 86.3 Å². The van der Waals surface area contributed by atoms with Crippen LogP contribution < -0.4 is 4.74 Å². The monoisotopic (exact) mass is 428 g/mol. The van der Waals surface area contributed by atoms with Gasteiger partial charge in [0.15, 0.2) is 0 Å². The van der Waals surface area contributed by atoms with Crippen LogP contribution in [0.5, 0.6) is 11.5 Å². The highest BCUT2D eigenvalue weighted by molar-refractivity contribution is 7.94. The second kappa shape index (κ2) is 7.00. The summed E-state index contributed by atoms with van der Waals surface area (Å²) in [4.78, 5) is -0.600. The Morgan fingerprint density at radius 3 is 1.86 bits per heavy atom. The van der Waals surface area contributed by atoms with E-state index >= 15 is 0 Å². The van der Waals surface area contributed by atoms with E-state index in [1.165, 1.54) is 36.4 Å². The zero-order chi connectivity index (χ0) is 20.8. The number of sulfone groups is 2. The third kappa shape index (κ3) is 3.14. The number of rotatable bonds is 2. The molecular weight excluding hydrogens is 408 g/mol. The molecule has 0 aliphatic carbocycles. The molecule has 3 aromatic rings. The fraction of sp³-hybridized carbons (Fsp3) is 0.182. The van der Waals surface area contributed by atoms with Crippen LogP contribution in [0.4, 0.5) is 0 Å². The van der Waals surface area contributed by atoms with Gasteiger partial charge >= 0.3 is 0 Å². The first-order valence-corrected chi connectivity index (χ1v) is 12.2. The molecule has 0 fully saturated rings. The molecule has 0 N–H and O–H groups in total. The highest BCUT2D eigenvalue weighted by Gasteiger charge is 2.35. The van der Waals surface area contributed by atoms with Crippen LogP contribution in [0.1, 0.15) is 31.7 Å². The molecule has 5 nitrogen and oxygen atoms in total. The van der Waals surface area contributed by atoms with E-state index in [4.69, 9.17) is 4.74 Å². The second-order valence-corrected chi connectivity index (χ2v) is 10.8. The number of benzene rings is 3. The van der Waals surface area contributed by atoms with Crippen LogP contribution >= 0.6 is 0 Å². The van der Waals surface area contributed by atoms with Gasteiger partial charge in [0.2, 0.25) is 19.7 Å². The summed E-state index contributed by atoms with van der Waals surface area (Å²) in [6.07, 6.45) is 0.841. The Morgan fingerprint density at radius 2 is 1.24 bits per heavy atom. The van der Waals surface area contributed by atoms with Crippen LogP contribution in [-0.2, 0) is 19.7 Å². The van der Waals surface area contributed by atoms with E-state index in [2.05, 4.69) is 0 Å². The molecule has 29 heavy (non-hydrogen) atoms. The summed E-state index contributed by atoms with van der Waals surface area (Å²) in [7, 11) is -8.25. The lowest BCUT2D eigenvalue weighted by atomic mass is 9.99. The zero-order valence-corrected chi connectivity index (χ0v) is 17.6. The van der Waals surface area contributed by atoms with Gasteiger partial charge in [-0.05, 0) is 54.3 Å². The third-order valence-electron chi connectivity index (χ3n) is 5.23. The van der Waals surface area contributed by atoms with E-state index in [0.717, 1.165) is 12.0 Å². The van der Waals surface area contributed by atoms with Crippen molar-refractivity contribution in [1.82, 2.24) is 0 Å². The van der Waals surface area contributed by atoms with Gasteiger partial charge in [-0.3, -0.25) is 0 Å². The van der Waals surface area contributed by atoms with Crippen molar-refractivity contribution in [2.24, 2.45) is 0 Å². The lowest BCUT2D eigenvalue weighted by Crippen LogP contribution is -2.10. The van der Waals surface area contributed by atoms with E-state index < -0.39 is 19.7 Å². The molecule has 1 aliphatic rings. The van der Waals surface area contributed by atoms with Crippen LogP contribution in [-0.4, -0.2) is 16.8 Å². The molecule has 0 spiro atoms. The van der Waals surface area contributed by atoms with Crippen molar-refractivity contribution < 1.29 is 21.6 Å². The van der Waals surface area contributed by atoms with Crippen molar-refractivity contribution in [3.05, 3.63) is 72.3 Å². The Kier molecular flexibility index (Phi) is 4.75. The summed E-state index contributed by atoms with van der Waals surface area (Å²) in [5.41, 5.74) is 0.853. The highest BCUT2D eigenvalue weighted by atomic mass is 32.2. The smallest absolute Gasteiger partial charge is 0.211 e. The lowest BCUT2D eigenvalue weighted by Gasteiger charge is -2.15. The van der Waals surface area contributed by atoms with Crippen molar-refractivity contribution in [3.63, 3.8) is 0 Å². The first kappa shape index (κ1) is 19.7. The number of hydrogen-bond acceptors (Lipinski definition) is 5. The van der Waals surface area contributed by atoms with Crippen molar-refractivity contribution in [2.45, 2.75) is 45.8 Å². The van der Waals surface area contributed by atoms with Crippen molar-refractivity contribution in [3.8, 4) is 11.5 Å². The van der Waals surface area contributed by atoms with Gasteiger partial charge < -0.3 is 4.74 Å². The van der Waals surface area contributed by atoms with Gasteiger partial charge in [0, 0.05) is 0 Å². The van der Waals surface area contributed by atoms with Gasteiger partial charge in [-0.1, -0.05) is 44.2 Å². The van der Waals surface area contributed by atoms with Crippen molar-refractivity contribution in [2.75, 3.05) is 0 Å². The predicted molar refractivity (Wildman–Crippen MR) is 109 cm³/mol. The van der Waals surface area contributed by atoms with Gasteiger partial charge in [0.1, 0.15) is 21.3 Å². The van der Waals surface area contributed by atoms with Gasteiger partial charge in [-0.15, -0.1) is 0 Å². The summed E-state index contributed by atoms with van der Waals surface area (Å²) in [5, 5.41) is 0. The Balaban J connectivity index is 2.14. The standard InChI is InChI=1S/C22H20O5S2/c1-3-15(2)16-12-13-18-22(14-16)29(25,26)21-11-7-6-10-20(21)28(23,24)19-9-5-4-8-17(19)27-18/h4-15H,3H2,1-2H3. The lowest BCUT2D eigenvalue weighted by molar-refractivity contribution is 0.454. The Bertz CT molecular complexity index is 1310. The molecule has 1 unspecified atom stereocenters. The molecule has 1 heterocycles. The number of fused-ring (bicyclic) bond motifs is 3.